The molecule has 4 heteroatoms. The average Bonchev–Trinajstić information content (AvgIpc) is 3.02. The molecule has 0 bridgehead atoms. The van der Waals surface area contributed by atoms with Gasteiger partial charge in [-0.15, -0.1) is 11.8 Å². The molecule has 0 aliphatic carbocycles. The van der Waals surface area contributed by atoms with Crippen molar-refractivity contribution in [2.45, 2.75) is 31.2 Å². The second-order valence-corrected chi connectivity index (χ2v) is 6.90. The van der Waals surface area contributed by atoms with Crippen molar-refractivity contribution in [1.82, 2.24) is 9.80 Å². The molecule has 3 rings (SSSR count). The zero-order valence-electron chi connectivity index (χ0n) is 13.0. The molecule has 0 radical (unpaired) electrons. The summed E-state index contributed by atoms with van der Waals surface area (Å²) in [5.41, 5.74) is 2.75. The van der Waals surface area contributed by atoms with Gasteiger partial charge in [0.25, 0.3) is 0 Å². The highest BCUT2D eigenvalue weighted by Crippen LogP contribution is 2.26. The summed E-state index contributed by atoms with van der Waals surface area (Å²) < 4.78 is 0. The second kappa shape index (κ2) is 6.41. The van der Waals surface area contributed by atoms with Gasteiger partial charge in [0.1, 0.15) is 0 Å². The molecule has 0 spiro atoms. The molecular weight excluding hydrogens is 280 g/mol. The topological polar surface area (TPSA) is 23.6 Å². The summed E-state index contributed by atoms with van der Waals surface area (Å²) in [6, 6.07) is 6.66. The molecule has 21 heavy (non-hydrogen) atoms. The van der Waals surface area contributed by atoms with Crippen molar-refractivity contribution < 1.29 is 4.79 Å². The third kappa shape index (κ3) is 3.11. The zero-order chi connectivity index (χ0) is 14.8. The molecule has 0 aromatic heterocycles. The van der Waals surface area contributed by atoms with E-state index in [1.807, 2.05) is 0 Å². The van der Waals surface area contributed by atoms with Gasteiger partial charge in [0.05, 0.1) is 5.92 Å². The van der Waals surface area contributed by atoms with Gasteiger partial charge >= 0.3 is 0 Å². The number of benzene rings is 1. The molecule has 0 saturated carbocycles. The van der Waals surface area contributed by atoms with Gasteiger partial charge in [-0.3, -0.25) is 4.79 Å². The standard InChI is InChI=1S/C17H24N2OS/c1-3-18-8-6-15(11-18)17(20)19-9-7-13-10-16(21-2)5-4-14(13)12-19/h4-5,10,15H,3,6-9,11-12H2,1-2H3. The number of hydrogen-bond donors (Lipinski definition) is 0. The lowest BCUT2D eigenvalue weighted by atomic mass is 9.98. The van der Waals surface area contributed by atoms with Crippen LogP contribution in [0.25, 0.3) is 0 Å². The predicted octanol–water partition coefficient (Wildman–Crippen LogP) is 2.64. The number of rotatable bonds is 3. The van der Waals surface area contributed by atoms with E-state index in [4.69, 9.17) is 0 Å². The Bertz CT molecular complexity index is 532. The van der Waals surface area contributed by atoms with Crippen LogP contribution in [-0.4, -0.2) is 48.1 Å². The highest BCUT2D eigenvalue weighted by molar-refractivity contribution is 7.98. The van der Waals surface area contributed by atoms with Crippen LogP contribution in [-0.2, 0) is 17.8 Å². The monoisotopic (exact) mass is 304 g/mol. The number of fused-ring (bicyclic) bond motifs is 1. The van der Waals surface area contributed by atoms with Crippen molar-refractivity contribution in [1.29, 1.82) is 0 Å². The molecule has 1 fully saturated rings. The fraction of sp³-hybridized carbons (Fsp3) is 0.588. The molecule has 2 aliphatic heterocycles. The minimum absolute atomic E-state index is 0.219. The summed E-state index contributed by atoms with van der Waals surface area (Å²) in [5.74, 6) is 0.586. The van der Waals surface area contributed by atoms with Gasteiger partial charge in [-0.25, -0.2) is 0 Å². The summed E-state index contributed by atoms with van der Waals surface area (Å²) >= 11 is 1.79. The van der Waals surface area contributed by atoms with Gasteiger partial charge in [0.2, 0.25) is 5.91 Å². The molecule has 1 unspecified atom stereocenters. The number of carbonyl (C=O) groups excluding carboxylic acids is 1. The minimum atomic E-state index is 0.219. The number of thioether (sulfide) groups is 1. The fourth-order valence-corrected chi connectivity index (χ4v) is 3.89. The number of likely N-dealkylation sites (tertiary alicyclic amines) is 1. The highest BCUT2D eigenvalue weighted by atomic mass is 32.2. The van der Waals surface area contributed by atoms with Crippen LogP contribution in [0.4, 0.5) is 0 Å². The second-order valence-electron chi connectivity index (χ2n) is 6.02. The molecule has 1 atom stereocenters. The number of amides is 1. The van der Waals surface area contributed by atoms with Crippen molar-refractivity contribution in [2.75, 3.05) is 32.4 Å². The molecule has 3 nitrogen and oxygen atoms in total. The Morgan fingerprint density at radius 3 is 2.90 bits per heavy atom. The summed E-state index contributed by atoms with van der Waals surface area (Å²) in [6.45, 7) is 6.94. The van der Waals surface area contributed by atoms with Gasteiger partial charge in [-0.1, -0.05) is 13.0 Å². The van der Waals surface area contributed by atoms with Gasteiger partial charge < -0.3 is 9.80 Å². The summed E-state index contributed by atoms with van der Waals surface area (Å²) in [7, 11) is 0. The maximum absolute atomic E-state index is 12.7. The van der Waals surface area contributed by atoms with Gasteiger partial charge in [0.15, 0.2) is 0 Å². The quantitative estimate of drug-likeness (QED) is 0.802. The lowest BCUT2D eigenvalue weighted by Crippen LogP contribution is -2.40. The first-order valence-corrected chi connectivity index (χ1v) is 9.10. The first kappa shape index (κ1) is 14.9. The minimum Gasteiger partial charge on any atom is -0.338 e. The first-order valence-electron chi connectivity index (χ1n) is 7.88. The zero-order valence-corrected chi connectivity index (χ0v) is 13.8. The van der Waals surface area contributed by atoms with Gasteiger partial charge in [-0.05, 0) is 55.4 Å². The van der Waals surface area contributed by atoms with Crippen molar-refractivity contribution >= 4 is 17.7 Å². The van der Waals surface area contributed by atoms with Crippen LogP contribution in [0.15, 0.2) is 23.1 Å². The smallest absolute Gasteiger partial charge is 0.227 e. The van der Waals surface area contributed by atoms with Crippen LogP contribution in [0.1, 0.15) is 24.5 Å². The molecule has 0 N–H and O–H groups in total. The van der Waals surface area contributed by atoms with E-state index in [1.54, 1.807) is 11.8 Å². The average molecular weight is 304 g/mol. The maximum Gasteiger partial charge on any atom is 0.227 e. The summed E-state index contributed by atoms with van der Waals surface area (Å²) in [6.07, 6.45) is 4.14. The normalized spacial score (nSPS) is 22.4. The first-order chi connectivity index (χ1) is 10.2. The fourth-order valence-electron chi connectivity index (χ4n) is 3.42. The highest BCUT2D eigenvalue weighted by Gasteiger charge is 2.32. The van der Waals surface area contributed by atoms with Crippen LogP contribution in [0.5, 0.6) is 0 Å². The largest absolute Gasteiger partial charge is 0.338 e. The lowest BCUT2D eigenvalue weighted by Gasteiger charge is -2.31. The molecule has 1 amide bonds. The van der Waals surface area contributed by atoms with Crippen molar-refractivity contribution in [3.05, 3.63) is 29.3 Å². The van der Waals surface area contributed by atoms with Crippen molar-refractivity contribution in [2.24, 2.45) is 5.92 Å². The van der Waals surface area contributed by atoms with Crippen LogP contribution in [0.2, 0.25) is 0 Å². The van der Waals surface area contributed by atoms with Crippen LogP contribution >= 0.6 is 11.8 Å². The van der Waals surface area contributed by atoms with E-state index in [2.05, 4.69) is 41.2 Å². The SMILES string of the molecule is CCN1CCC(C(=O)N2CCc3cc(SC)ccc3C2)C1. The third-order valence-electron chi connectivity index (χ3n) is 4.81. The van der Waals surface area contributed by atoms with E-state index >= 15 is 0 Å². The molecule has 114 valence electrons. The summed E-state index contributed by atoms with van der Waals surface area (Å²) in [4.78, 5) is 18.5. The molecule has 1 aromatic rings. The molecule has 2 heterocycles. The van der Waals surface area contributed by atoms with Crippen molar-refractivity contribution in [3.8, 4) is 0 Å². The Morgan fingerprint density at radius 1 is 1.33 bits per heavy atom. The number of hydrogen-bond acceptors (Lipinski definition) is 3. The molecule has 1 saturated heterocycles. The van der Waals surface area contributed by atoms with Crippen LogP contribution in [0.3, 0.4) is 0 Å². The van der Waals surface area contributed by atoms with Crippen LogP contribution < -0.4 is 0 Å². The third-order valence-corrected chi connectivity index (χ3v) is 5.53. The Labute approximate surface area is 131 Å². The van der Waals surface area contributed by atoms with E-state index < -0.39 is 0 Å². The molecule has 1 aromatic carbocycles. The summed E-state index contributed by atoms with van der Waals surface area (Å²) in [5, 5.41) is 0. The van der Waals surface area contributed by atoms with E-state index in [1.165, 1.54) is 16.0 Å². The van der Waals surface area contributed by atoms with Gasteiger partial charge in [-0.2, -0.15) is 0 Å². The van der Waals surface area contributed by atoms with E-state index in [0.717, 1.165) is 45.6 Å². The Balaban J connectivity index is 1.67. The van der Waals surface area contributed by atoms with E-state index in [0.29, 0.717) is 5.91 Å². The Hall–Kier alpha value is -1.00. The maximum atomic E-state index is 12.7. The molecule has 2 aliphatic rings. The molecular formula is C17H24N2OS. The van der Waals surface area contributed by atoms with E-state index in [9.17, 15) is 4.79 Å². The van der Waals surface area contributed by atoms with Gasteiger partial charge in [0, 0.05) is 24.5 Å². The Morgan fingerprint density at radius 2 is 2.19 bits per heavy atom. The Kier molecular flexibility index (Phi) is 4.55. The van der Waals surface area contributed by atoms with Crippen molar-refractivity contribution in [3.63, 3.8) is 0 Å². The van der Waals surface area contributed by atoms with E-state index in [-0.39, 0.29) is 5.92 Å². The van der Waals surface area contributed by atoms with Crippen LogP contribution in [0, 0.1) is 5.92 Å². The number of nitrogens with zero attached hydrogens (tertiary/aromatic N) is 2. The lowest BCUT2D eigenvalue weighted by molar-refractivity contribution is -0.136. The number of carbonyl (C=O) groups is 1. The predicted molar refractivity (Wildman–Crippen MR) is 87.6 cm³/mol.